The third-order valence-electron chi connectivity index (χ3n) is 11.4. The van der Waals surface area contributed by atoms with Crippen LogP contribution >= 0.6 is 0 Å². The fraction of sp³-hybridized carbons (Fsp3) is 0.938. The zero-order valence-corrected chi connectivity index (χ0v) is 38.7. The zero-order valence-electron chi connectivity index (χ0n) is 38.7. The van der Waals surface area contributed by atoms with Gasteiger partial charge in [0, 0.05) is 45.7 Å². The average molecular weight is 810 g/mol. The van der Waals surface area contributed by atoms with Gasteiger partial charge in [0.2, 0.25) is 0 Å². The second kappa shape index (κ2) is 42.3. The molecule has 57 heavy (non-hydrogen) atoms. The topological polar surface area (TPSA) is 88.6 Å². The molecule has 1 amide bonds. The van der Waals surface area contributed by atoms with Crippen LogP contribution < -0.4 is 0 Å². The SMILES string of the molecule is CCCCCCCCC(CCCCCCCC)C(=O)OCCN(CCOC(=O)N(CCCCCC)CCCCCC(=O)OCCCCCCC)CCN(CC)CC. The van der Waals surface area contributed by atoms with Crippen molar-refractivity contribution in [2.75, 3.05) is 72.2 Å². The van der Waals surface area contributed by atoms with E-state index in [2.05, 4.69) is 51.3 Å². The molecule has 0 bridgehead atoms. The minimum absolute atomic E-state index is 0.00494. The molecule has 0 aliphatic heterocycles. The molecule has 0 saturated heterocycles. The molecule has 0 atom stereocenters. The molecule has 0 rings (SSSR count). The molecule has 0 aromatic heterocycles. The van der Waals surface area contributed by atoms with Crippen molar-refractivity contribution in [2.24, 2.45) is 5.92 Å². The van der Waals surface area contributed by atoms with Crippen LogP contribution in [0.25, 0.3) is 0 Å². The number of nitrogens with zero attached hydrogens (tertiary/aromatic N) is 3. The van der Waals surface area contributed by atoms with Crippen LogP contribution in [0.1, 0.15) is 215 Å². The molecular formula is C48H95N3O6. The first-order valence-electron chi connectivity index (χ1n) is 24.5. The quantitative estimate of drug-likeness (QED) is 0.0342. The van der Waals surface area contributed by atoms with Crippen molar-refractivity contribution >= 4 is 18.0 Å². The van der Waals surface area contributed by atoms with Crippen molar-refractivity contribution in [3.05, 3.63) is 0 Å². The van der Waals surface area contributed by atoms with Gasteiger partial charge in [0.15, 0.2) is 0 Å². The summed E-state index contributed by atoms with van der Waals surface area (Å²) in [6, 6.07) is 0. The second-order valence-corrected chi connectivity index (χ2v) is 16.5. The summed E-state index contributed by atoms with van der Waals surface area (Å²) < 4.78 is 17.3. The van der Waals surface area contributed by atoms with Crippen LogP contribution in [0.5, 0.6) is 0 Å². The monoisotopic (exact) mass is 810 g/mol. The van der Waals surface area contributed by atoms with E-state index >= 15 is 0 Å². The van der Waals surface area contributed by atoms with Gasteiger partial charge in [-0.25, -0.2) is 4.79 Å². The summed E-state index contributed by atoms with van der Waals surface area (Å²) in [5.74, 6) is -0.141. The van der Waals surface area contributed by atoms with Gasteiger partial charge in [-0.1, -0.05) is 170 Å². The molecular weight excluding hydrogens is 715 g/mol. The Labute approximate surface area is 353 Å². The predicted molar refractivity (Wildman–Crippen MR) is 240 cm³/mol. The molecule has 0 aliphatic carbocycles. The van der Waals surface area contributed by atoms with E-state index in [9.17, 15) is 14.4 Å². The summed E-state index contributed by atoms with van der Waals surface area (Å²) in [5.41, 5.74) is 0. The Morgan fingerprint density at radius 2 is 0.842 bits per heavy atom. The van der Waals surface area contributed by atoms with E-state index in [0.29, 0.717) is 52.4 Å². The number of likely N-dealkylation sites (N-methyl/N-ethyl adjacent to an activating group) is 1. The lowest BCUT2D eigenvalue weighted by molar-refractivity contribution is -0.149. The number of unbranched alkanes of at least 4 members (excludes halogenated alkanes) is 19. The molecule has 0 fully saturated rings. The molecule has 338 valence electrons. The highest BCUT2D eigenvalue weighted by Crippen LogP contribution is 2.21. The van der Waals surface area contributed by atoms with E-state index in [-0.39, 0.29) is 23.9 Å². The molecule has 0 N–H and O–H groups in total. The largest absolute Gasteiger partial charge is 0.466 e. The van der Waals surface area contributed by atoms with Crippen LogP contribution in [0.15, 0.2) is 0 Å². The minimum atomic E-state index is -0.253. The maximum absolute atomic E-state index is 13.4. The standard InChI is InChI=1S/C48H95N3O6/c1-7-13-17-21-23-27-33-45(34-28-24-22-18-14-8-2)47(53)56-43-40-50(39-38-49(11-5)12-6)41-44-57-48(54)51(36-30-20-16-10-4)37-31-26-29-35-46(52)55-42-32-25-19-15-9-3/h45H,7-44H2,1-6H3. The summed E-state index contributed by atoms with van der Waals surface area (Å²) in [6.45, 7) is 20.7. The lowest BCUT2D eigenvalue weighted by Crippen LogP contribution is -2.40. The lowest BCUT2D eigenvalue weighted by atomic mass is 9.94. The van der Waals surface area contributed by atoms with Gasteiger partial charge in [-0.15, -0.1) is 0 Å². The third kappa shape index (κ3) is 34.7. The van der Waals surface area contributed by atoms with Crippen molar-refractivity contribution in [1.82, 2.24) is 14.7 Å². The summed E-state index contributed by atoms with van der Waals surface area (Å²) in [6.07, 6.45) is 29.4. The fourth-order valence-corrected chi connectivity index (χ4v) is 7.36. The van der Waals surface area contributed by atoms with E-state index in [4.69, 9.17) is 14.2 Å². The number of hydrogen-bond acceptors (Lipinski definition) is 8. The molecule has 0 heterocycles. The molecule has 9 heteroatoms. The molecule has 0 aromatic carbocycles. The summed E-state index contributed by atoms with van der Waals surface area (Å²) in [7, 11) is 0. The van der Waals surface area contributed by atoms with Crippen LogP contribution in [0.2, 0.25) is 0 Å². The summed E-state index contributed by atoms with van der Waals surface area (Å²) >= 11 is 0. The maximum Gasteiger partial charge on any atom is 0.409 e. The average Bonchev–Trinajstić information content (AvgIpc) is 3.21. The van der Waals surface area contributed by atoms with Crippen molar-refractivity contribution in [3.63, 3.8) is 0 Å². The van der Waals surface area contributed by atoms with Gasteiger partial charge in [0.1, 0.15) is 13.2 Å². The van der Waals surface area contributed by atoms with Crippen molar-refractivity contribution in [3.8, 4) is 0 Å². The van der Waals surface area contributed by atoms with Crippen molar-refractivity contribution in [2.45, 2.75) is 215 Å². The zero-order chi connectivity index (χ0) is 42.0. The Balaban J connectivity index is 5.08. The number of carbonyl (C=O) groups is 3. The Hall–Kier alpha value is -1.87. The van der Waals surface area contributed by atoms with Gasteiger partial charge in [0.05, 0.1) is 12.5 Å². The van der Waals surface area contributed by atoms with Crippen LogP contribution in [-0.2, 0) is 23.8 Å². The Morgan fingerprint density at radius 3 is 1.37 bits per heavy atom. The van der Waals surface area contributed by atoms with Gasteiger partial charge < -0.3 is 24.0 Å². The van der Waals surface area contributed by atoms with Crippen molar-refractivity contribution in [1.29, 1.82) is 0 Å². The molecule has 0 aliphatic rings. The van der Waals surface area contributed by atoms with Gasteiger partial charge in [-0.2, -0.15) is 0 Å². The first kappa shape index (κ1) is 55.1. The normalized spacial score (nSPS) is 11.5. The molecule has 0 saturated carbocycles. The second-order valence-electron chi connectivity index (χ2n) is 16.5. The van der Waals surface area contributed by atoms with Gasteiger partial charge in [0.25, 0.3) is 0 Å². The first-order chi connectivity index (χ1) is 27.9. The number of ether oxygens (including phenoxy) is 3. The Bertz CT molecular complexity index is 885. The Kier molecular flexibility index (Phi) is 40.9. The smallest absolute Gasteiger partial charge is 0.409 e. The number of amides is 1. The van der Waals surface area contributed by atoms with E-state index in [0.717, 1.165) is 110 Å². The maximum atomic E-state index is 13.4. The summed E-state index contributed by atoms with van der Waals surface area (Å²) in [5, 5.41) is 0. The number of esters is 2. The highest BCUT2D eigenvalue weighted by Gasteiger charge is 2.21. The van der Waals surface area contributed by atoms with Crippen LogP contribution in [0.3, 0.4) is 0 Å². The van der Waals surface area contributed by atoms with E-state index < -0.39 is 0 Å². The number of rotatable bonds is 43. The lowest BCUT2D eigenvalue weighted by Gasteiger charge is -2.27. The molecule has 9 nitrogen and oxygen atoms in total. The molecule has 0 spiro atoms. The molecule has 0 aromatic rings. The van der Waals surface area contributed by atoms with Gasteiger partial charge in [-0.05, 0) is 51.6 Å². The van der Waals surface area contributed by atoms with Gasteiger partial charge in [-0.3, -0.25) is 14.5 Å². The molecule has 0 unspecified atom stereocenters. The Morgan fingerprint density at radius 1 is 0.404 bits per heavy atom. The third-order valence-corrected chi connectivity index (χ3v) is 11.4. The van der Waals surface area contributed by atoms with Crippen LogP contribution in [0.4, 0.5) is 4.79 Å². The molecule has 0 radical (unpaired) electrons. The van der Waals surface area contributed by atoms with Crippen LogP contribution in [-0.4, -0.2) is 105 Å². The number of carbonyl (C=O) groups excluding carboxylic acids is 3. The highest BCUT2D eigenvalue weighted by molar-refractivity contribution is 5.72. The fourth-order valence-electron chi connectivity index (χ4n) is 7.36. The van der Waals surface area contributed by atoms with E-state index in [1.807, 2.05) is 4.90 Å². The first-order valence-corrected chi connectivity index (χ1v) is 24.5. The minimum Gasteiger partial charge on any atom is -0.466 e. The van der Waals surface area contributed by atoms with Crippen molar-refractivity contribution < 1.29 is 28.6 Å². The van der Waals surface area contributed by atoms with E-state index in [1.165, 1.54) is 83.5 Å². The van der Waals surface area contributed by atoms with Gasteiger partial charge >= 0.3 is 18.0 Å². The van der Waals surface area contributed by atoms with E-state index in [1.54, 1.807) is 0 Å². The van der Waals surface area contributed by atoms with Crippen LogP contribution in [0, 0.1) is 5.92 Å². The summed E-state index contributed by atoms with van der Waals surface area (Å²) in [4.78, 5) is 45.5. The predicted octanol–water partition coefficient (Wildman–Crippen LogP) is 12.4. The highest BCUT2D eigenvalue weighted by atomic mass is 16.6. The number of hydrogen-bond donors (Lipinski definition) is 0.